The fraction of sp³-hybridized carbons (Fsp3) is 0.429. The molecule has 6 heteroatoms. The van der Waals surface area contributed by atoms with Gasteiger partial charge in [0.25, 0.3) is 0 Å². The topological polar surface area (TPSA) is 49.9 Å². The second-order valence-corrected chi connectivity index (χ2v) is 9.31. The summed E-state index contributed by atoms with van der Waals surface area (Å²) >= 11 is 0. The van der Waals surface area contributed by atoms with Gasteiger partial charge in [0.1, 0.15) is 0 Å². The third-order valence-electron chi connectivity index (χ3n) is 5.01. The number of sulfonamides is 1. The van der Waals surface area contributed by atoms with E-state index in [0.717, 1.165) is 27.9 Å². The Balaban J connectivity index is 1.87. The van der Waals surface area contributed by atoms with Gasteiger partial charge >= 0.3 is 0 Å². The Kier molecular flexibility index (Phi) is 5.60. The molecule has 0 radical (unpaired) electrons. The first-order chi connectivity index (χ1) is 12.7. The van der Waals surface area contributed by atoms with Gasteiger partial charge in [0.15, 0.2) is 0 Å². The first-order valence-electron chi connectivity index (χ1n) is 9.17. The number of morpholine rings is 1. The van der Waals surface area contributed by atoms with E-state index in [1.807, 2.05) is 76.2 Å². The highest BCUT2D eigenvalue weighted by atomic mass is 32.2. The molecule has 1 aliphatic heterocycles. The zero-order valence-corrected chi connectivity index (χ0v) is 17.5. The van der Waals surface area contributed by atoms with Crippen molar-refractivity contribution in [3.63, 3.8) is 0 Å². The van der Waals surface area contributed by atoms with Gasteiger partial charge < -0.3 is 9.64 Å². The summed E-state index contributed by atoms with van der Waals surface area (Å²) in [4.78, 5) is 2.46. The molecule has 1 heterocycles. The smallest absolute Gasteiger partial charge is 0.243 e. The highest BCUT2D eigenvalue weighted by Crippen LogP contribution is 2.30. The molecule has 0 N–H and O–H groups in total. The highest BCUT2D eigenvalue weighted by Gasteiger charge is 2.33. The first-order valence-corrected chi connectivity index (χ1v) is 10.6. The van der Waals surface area contributed by atoms with Crippen molar-refractivity contribution in [2.24, 2.45) is 0 Å². The van der Waals surface area contributed by atoms with Crippen molar-refractivity contribution < 1.29 is 13.2 Å². The van der Waals surface area contributed by atoms with Crippen molar-refractivity contribution in [3.05, 3.63) is 58.7 Å². The van der Waals surface area contributed by atoms with Crippen LogP contribution in [0.5, 0.6) is 0 Å². The molecule has 1 saturated heterocycles. The number of aryl methyl sites for hydroxylation is 3. The summed E-state index contributed by atoms with van der Waals surface area (Å²) in [6.45, 7) is 6.81. The maximum atomic E-state index is 13.3. The lowest BCUT2D eigenvalue weighted by Crippen LogP contribution is -2.42. The van der Waals surface area contributed by atoms with Gasteiger partial charge in [-0.25, -0.2) is 8.42 Å². The molecule has 1 atom stereocenters. The average molecular weight is 389 g/mol. The molecule has 5 nitrogen and oxygen atoms in total. The Bertz CT molecular complexity index is 898. The molecule has 2 aromatic rings. The van der Waals surface area contributed by atoms with E-state index in [9.17, 15) is 8.42 Å². The summed E-state index contributed by atoms with van der Waals surface area (Å²) in [7, 11) is 0.428. The molecule has 1 unspecified atom stereocenters. The van der Waals surface area contributed by atoms with Crippen LogP contribution in [-0.2, 0) is 14.8 Å². The van der Waals surface area contributed by atoms with E-state index in [2.05, 4.69) is 0 Å². The van der Waals surface area contributed by atoms with Crippen molar-refractivity contribution >= 4 is 15.7 Å². The SMILES string of the molecule is Cc1cc(C)c(S(=O)(=O)N2CCOC(c3ccc(N(C)C)cc3)C2)c(C)c1. The second kappa shape index (κ2) is 7.62. The minimum Gasteiger partial charge on any atom is -0.378 e. The van der Waals surface area contributed by atoms with Gasteiger partial charge in [0, 0.05) is 32.9 Å². The van der Waals surface area contributed by atoms with Crippen LogP contribution in [0.15, 0.2) is 41.3 Å². The van der Waals surface area contributed by atoms with E-state index in [1.54, 1.807) is 4.31 Å². The maximum Gasteiger partial charge on any atom is 0.243 e. The maximum absolute atomic E-state index is 13.3. The number of hydrogen-bond acceptors (Lipinski definition) is 4. The van der Waals surface area contributed by atoms with E-state index in [0.29, 0.717) is 24.6 Å². The minimum atomic E-state index is -3.56. The zero-order chi connectivity index (χ0) is 19.8. The van der Waals surface area contributed by atoms with E-state index in [1.165, 1.54) is 0 Å². The Morgan fingerprint density at radius 1 is 1.04 bits per heavy atom. The number of ether oxygens (including phenoxy) is 1. The van der Waals surface area contributed by atoms with Gasteiger partial charge in [0.2, 0.25) is 10.0 Å². The molecular weight excluding hydrogens is 360 g/mol. The molecule has 146 valence electrons. The first kappa shape index (κ1) is 19.9. The monoisotopic (exact) mass is 388 g/mol. The van der Waals surface area contributed by atoms with Gasteiger partial charge in [0.05, 0.1) is 17.6 Å². The number of nitrogens with zero attached hydrogens (tertiary/aromatic N) is 2. The summed E-state index contributed by atoms with van der Waals surface area (Å²) in [5.41, 5.74) is 4.77. The van der Waals surface area contributed by atoms with Crippen LogP contribution in [0, 0.1) is 20.8 Å². The predicted octanol–water partition coefficient (Wildman–Crippen LogP) is 3.44. The Morgan fingerprint density at radius 2 is 1.63 bits per heavy atom. The summed E-state index contributed by atoms with van der Waals surface area (Å²) in [5.74, 6) is 0. The molecule has 0 saturated carbocycles. The predicted molar refractivity (Wildman–Crippen MR) is 109 cm³/mol. The van der Waals surface area contributed by atoms with Crippen LogP contribution in [0.1, 0.15) is 28.4 Å². The molecule has 1 fully saturated rings. The standard InChI is InChI=1S/C21H28N2O3S/c1-15-12-16(2)21(17(3)13-15)27(24,25)23-10-11-26-20(14-23)18-6-8-19(9-7-18)22(4)5/h6-9,12-13,20H,10-11,14H2,1-5H3. The number of benzene rings is 2. The molecule has 0 bridgehead atoms. The van der Waals surface area contributed by atoms with E-state index < -0.39 is 10.0 Å². The molecular formula is C21H28N2O3S. The Labute approximate surface area is 162 Å². The van der Waals surface area contributed by atoms with Crippen LogP contribution in [0.25, 0.3) is 0 Å². The van der Waals surface area contributed by atoms with Crippen LogP contribution >= 0.6 is 0 Å². The van der Waals surface area contributed by atoms with Gasteiger partial charge in [-0.3, -0.25) is 0 Å². The van der Waals surface area contributed by atoms with Crippen LogP contribution in [0.4, 0.5) is 5.69 Å². The lowest BCUT2D eigenvalue weighted by molar-refractivity contribution is -0.00257. The van der Waals surface area contributed by atoms with Crippen molar-refractivity contribution in [1.29, 1.82) is 0 Å². The molecule has 0 aliphatic carbocycles. The van der Waals surface area contributed by atoms with Crippen molar-refractivity contribution in [2.75, 3.05) is 38.7 Å². The number of anilines is 1. The van der Waals surface area contributed by atoms with Crippen LogP contribution < -0.4 is 4.90 Å². The fourth-order valence-corrected chi connectivity index (χ4v) is 5.57. The second-order valence-electron chi connectivity index (χ2n) is 7.44. The van der Waals surface area contributed by atoms with Crippen LogP contribution in [-0.4, -0.2) is 46.5 Å². The number of hydrogen-bond donors (Lipinski definition) is 0. The molecule has 2 aromatic carbocycles. The van der Waals surface area contributed by atoms with Gasteiger partial charge in [-0.1, -0.05) is 29.8 Å². The van der Waals surface area contributed by atoms with Crippen molar-refractivity contribution in [1.82, 2.24) is 4.31 Å². The third kappa shape index (κ3) is 4.03. The highest BCUT2D eigenvalue weighted by molar-refractivity contribution is 7.89. The third-order valence-corrected chi connectivity index (χ3v) is 7.18. The Hall–Kier alpha value is -1.89. The van der Waals surface area contributed by atoms with E-state index >= 15 is 0 Å². The molecule has 3 rings (SSSR count). The fourth-order valence-electron chi connectivity index (χ4n) is 3.74. The van der Waals surface area contributed by atoms with Crippen molar-refractivity contribution in [2.45, 2.75) is 31.8 Å². The Morgan fingerprint density at radius 3 is 2.19 bits per heavy atom. The summed E-state index contributed by atoms with van der Waals surface area (Å²) in [5, 5.41) is 0. The average Bonchev–Trinajstić information content (AvgIpc) is 2.61. The van der Waals surface area contributed by atoms with Gasteiger partial charge in [-0.2, -0.15) is 4.31 Å². The molecule has 27 heavy (non-hydrogen) atoms. The van der Waals surface area contributed by atoms with Gasteiger partial charge in [-0.05, 0) is 49.6 Å². The quantitative estimate of drug-likeness (QED) is 0.805. The van der Waals surface area contributed by atoms with Gasteiger partial charge in [-0.15, -0.1) is 0 Å². The largest absolute Gasteiger partial charge is 0.378 e. The number of rotatable bonds is 4. The van der Waals surface area contributed by atoms with Crippen LogP contribution in [0.2, 0.25) is 0 Å². The van der Waals surface area contributed by atoms with E-state index in [-0.39, 0.29) is 6.10 Å². The lowest BCUT2D eigenvalue weighted by atomic mass is 10.1. The van der Waals surface area contributed by atoms with Crippen LogP contribution in [0.3, 0.4) is 0 Å². The van der Waals surface area contributed by atoms with E-state index in [4.69, 9.17) is 4.74 Å². The minimum absolute atomic E-state index is 0.254. The van der Waals surface area contributed by atoms with Crippen molar-refractivity contribution in [3.8, 4) is 0 Å². The molecule has 0 aromatic heterocycles. The lowest BCUT2D eigenvalue weighted by Gasteiger charge is -2.33. The molecule has 1 aliphatic rings. The molecule has 0 amide bonds. The summed E-state index contributed by atoms with van der Waals surface area (Å²) < 4.78 is 34.1. The summed E-state index contributed by atoms with van der Waals surface area (Å²) in [6.07, 6.45) is -0.254. The summed E-state index contributed by atoms with van der Waals surface area (Å²) in [6, 6.07) is 11.9. The zero-order valence-electron chi connectivity index (χ0n) is 16.7. The normalized spacial score (nSPS) is 18.5. The molecule has 0 spiro atoms.